The molecule has 1 rings (SSSR count). The van der Waals surface area contributed by atoms with Crippen molar-refractivity contribution in [1.82, 2.24) is 0 Å². The zero-order valence-corrected chi connectivity index (χ0v) is 13.1. The van der Waals surface area contributed by atoms with Crippen LogP contribution in [0.15, 0.2) is 42.5 Å². The summed E-state index contributed by atoms with van der Waals surface area (Å²) in [5.74, 6) is 0. The predicted octanol–water partition coefficient (Wildman–Crippen LogP) is 5.43. The molecule has 0 heterocycles. The van der Waals surface area contributed by atoms with Crippen molar-refractivity contribution in [3.8, 4) is 0 Å². The Bertz CT molecular complexity index is 374. The quantitative estimate of drug-likeness (QED) is 0.563. The second-order valence-electron chi connectivity index (χ2n) is 5.39. The molecule has 0 aliphatic carbocycles. The largest absolute Gasteiger partial charge is 0.362 e. The van der Waals surface area contributed by atoms with E-state index in [2.05, 4.69) is 69.5 Å². The molecule has 0 saturated heterocycles. The monoisotopic (exact) mass is 259 g/mol. The van der Waals surface area contributed by atoms with Crippen LogP contribution in [-0.4, -0.2) is 12.1 Å². The van der Waals surface area contributed by atoms with Gasteiger partial charge in [-0.25, -0.2) is 0 Å². The number of nitrogens with zero attached hydrogens (tertiary/aromatic N) is 1. The Kier molecular flexibility index (Phi) is 6.14. The molecule has 19 heavy (non-hydrogen) atoms. The molecule has 1 aromatic rings. The zero-order chi connectivity index (χ0) is 14.3. The summed E-state index contributed by atoms with van der Waals surface area (Å²) in [5.41, 5.74) is 2.72. The SMILES string of the molecule is C=C(C)C(CCC)(CCC)N(CC)c1ccccc1. The van der Waals surface area contributed by atoms with E-state index in [1.54, 1.807) is 0 Å². The highest BCUT2D eigenvalue weighted by atomic mass is 15.2. The van der Waals surface area contributed by atoms with Crippen molar-refractivity contribution in [2.45, 2.75) is 58.9 Å². The lowest BCUT2D eigenvalue weighted by Gasteiger charge is -2.46. The molecular formula is C18H29N. The van der Waals surface area contributed by atoms with E-state index in [9.17, 15) is 0 Å². The fourth-order valence-corrected chi connectivity index (χ4v) is 3.22. The van der Waals surface area contributed by atoms with Gasteiger partial charge in [0.15, 0.2) is 0 Å². The number of anilines is 1. The summed E-state index contributed by atoms with van der Waals surface area (Å²) in [7, 11) is 0. The van der Waals surface area contributed by atoms with Gasteiger partial charge in [0.25, 0.3) is 0 Å². The first-order valence-electron chi connectivity index (χ1n) is 7.61. The van der Waals surface area contributed by atoms with E-state index in [0.29, 0.717) is 0 Å². The van der Waals surface area contributed by atoms with Gasteiger partial charge in [0, 0.05) is 12.2 Å². The molecule has 0 spiro atoms. The minimum Gasteiger partial charge on any atom is -0.362 e. The number of hydrogen-bond acceptors (Lipinski definition) is 1. The van der Waals surface area contributed by atoms with Crippen LogP contribution in [0.2, 0.25) is 0 Å². The molecule has 1 heteroatoms. The Hall–Kier alpha value is -1.24. The molecule has 0 fully saturated rings. The van der Waals surface area contributed by atoms with Crippen LogP contribution < -0.4 is 4.90 Å². The third kappa shape index (κ3) is 3.40. The molecule has 0 aliphatic heterocycles. The van der Waals surface area contributed by atoms with Crippen molar-refractivity contribution in [2.24, 2.45) is 0 Å². The molecule has 0 radical (unpaired) electrons. The van der Waals surface area contributed by atoms with Gasteiger partial charge in [0.05, 0.1) is 5.54 Å². The lowest BCUT2D eigenvalue weighted by molar-refractivity contribution is 0.384. The average Bonchev–Trinajstić information content (AvgIpc) is 2.41. The van der Waals surface area contributed by atoms with E-state index in [-0.39, 0.29) is 5.54 Å². The van der Waals surface area contributed by atoms with Crippen molar-refractivity contribution >= 4 is 5.69 Å². The smallest absolute Gasteiger partial charge is 0.0608 e. The van der Waals surface area contributed by atoms with Crippen LogP contribution in [0, 0.1) is 0 Å². The van der Waals surface area contributed by atoms with Gasteiger partial charge in [-0.1, -0.05) is 57.0 Å². The standard InChI is InChI=1S/C18H29N/c1-6-14-18(15-7-2,16(4)5)19(8-3)17-12-10-9-11-13-17/h9-13H,4,6-8,14-15H2,1-3,5H3. The normalized spacial score (nSPS) is 11.4. The Balaban J connectivity index is 3.22. The lowest BCUT2D eigenvalue weighted by atomic mass is 9.80. The van der Waals surface area contributed by atoms with Gasteiger partial charge in [-0.05, 0) is 38.8 Å². The topological polar surface area (TPSA) is 3.24 Å². The number of benzene rings is 1. The first kappa shape index (κ1) is 15.8. The van der Waals surface area contributed by atoms with E-state index < -0.39 is 0 Å². The first-order chi connectivity index (χ1) is 9.12. The minimum absolute atomic E-state index is 0.111. The maximum absolute atomic E-state index is 4.32. The Morgan fingerprint density at radius 3 is 1.95 bits per heavy atom. The second-order valence-corrected chi connectivity index (χ2v) is 5.39. The van der Waals surface area contributed by atoms with Crippen molar-refractivity contribution < 1.29 is 0 Å². The van der Waals surface area contributed by atoms with Gasteiger partial charge in [0.1, 0.15) is 0 Å². The van der Waals surface area contributed by atoms with Crippen LogP contribution in [0.5, 0.6) is 0 Å². The van der Waals surface area contributed by atoms with Gasteiger partial charge in [-0.3, -0.25) is 0 Å². The van der Waals surface area contributed by atoms with Gasteiger partial charge >= 0.3 is 0 Å². The molecule has 0 atom stereocenters. The van der Waals surface area contributed by atoms with Crippen LogP contribution in [0.1, 0.15) is 53.4 Å². The maximum atomic E-state index is 4.32. The number of hydrogen-bond donors (Lipinski definition) is 0. The van der Waals surface area contributed by atoms with Crippen LogP contribution >= 0.6 is 0 Å². The van der Waals surface area contributed by atoms with Crippen molar-refractivity contribution in [3.05, 3.63) is 42.5 Å². The second kappa shape index (κ2) is 7.37. The van der Waals surface area contributed by atoms with Crippen LogP contribution in [0.4, 0.5) is 5.69 Å². The average molecular weight is 259 g/mol. The van der Waals surface area contributed by atoms with E-state index in [1.165, 1.54) is 36.9 Å². The summed E-state index contributed by atoms with van der Waals surface area (Å²) in [5, 5.41) is 0. The molecule has 0 amide bonds. The number of rotatable bonds is 8. The number of likely N-dealkylation sites (N-methyl/N-ethyl adjacent to an activating group) is 1. The molecule has 0 N–H and O–H groups in total. The molecule has 0 saturated carbocycles. The fourth-order valence-electron chi connectivity index (χ4n) is 3.22. The van der Waals surface area contributed by atoms with Crippen LogP contribution in [0.25, 0.3) is 0 Å². The molecule has 1 nitrogen and oxygen atoms in total. The third-order valence-corrected chi connectivity index (χ3v) is 4.02. The number of para-hydroxylation sites is 1. The summed E-state index contributed by atoms with van der Waals surface area (Å²) < 4.78 is 0. The zero-order valence-electron chi connectivity index (χ0n) is 13.1. The predicted molar refractivity (Wildman–Crippen MR) is 86.8 cm³/mol. The Morgan fingerprint density at radius 2 is 1.58 bits per heavy atom. The summed E-state index contributed by atoms with van der Waals surface area (Å²) in [4.78, 5) is 2.54. The van der Waals surface area contributed by atoms with Gasteiger partial charge in [-0.15, -0.1) is 0 Å². The molecule has 0 unspecified atom stereocenters. The van der Waals surface area contributed by atoms with Gasteiger partial charge < -0.3 is 4.90 Å². The van der Waals surface area contributed by atoms with E-state index in [0.717, 1.165) is 6.54 Å². The molecular weight excluding hydrogens is 230 g/mol. The maximum Gasteiger partial charge on any atom is 0.0608 e. The van der Waals surface area contributed by atoms with Crippen molar-refractivity contribution in [3.63, 3.8) is 0 Å². The first-order valence-corrected chi connectivity index (χ1v) is 7.61. The third-order valence-electron chi connectivity index (χ3n) is 4.02. The highest BCUT2D eigenvalue weighted by molar-refractivity contribution is 5.51. The Labute approximate surface area is 119 Å². The summed E-state index contributed by atoms with van der Waals surface area (Å²) in [6.45, 7) is 14.3. The van der Waals surface area contributed by atoms with Crippen molar-refractivity contribution in [2.75, 3.05) is 11.4 Å². The minimum atomic E-state index is 0.111. The highest BCUT2D eigenvalue weighted by Gasteiger charge is 2.35. The summed E-state index contributed by atoms with van der Waals surface area (Å²) >= 11 is 0. The van der Waals surface area contributed by atoms with Crippen LogP contribution in [-0.2, 0) is 0 Å². The van der Waals surface area contributed by atoms with Crippen molar-refractivity contribution in [1.29, 1.82) is 0 Å². The highest BCUT2D eigenvalue weighted by Crippen LogP contribution is 2.37. The van der Waals surface area contributed by atoms with Crippen LogP contribution in [0.3, 0.4) is 0 Å². The Morgan fingerprint density at radius 1 is 1.05 bits per heavy atom. The molecule has 1 aromatic carbocycles. The van der Waals surface area contributed by atoms with Gasteiger partial charge in [-0.2, -0.15) is 0 Å². The van der Waals surface area contributed by atoms with E-state index in [1.807, 2.05) is 0 Å². The summed E-state index contributed by atoms with van der Waals surface area (Å²) in [6.07, 6.45) is 4.74. The fraction of sp³-hybridized carbons (Fsp3) is 0.556. The molecule has 0 bridgehead atoms. The van der Waals surface area contributed by atoms with Gasteiger partial charge in [0.2, 0.25) is 0 Å². The summed E-state index contributed by atoms with van der Waals surface area (Å²) in [6, 6.07) is 10.8. The molecule has 106 valence electrons. The van der Waals surface area contributed by atoms with E-state index >= 15 is 0 Å². The molecule has 0 aliphatic rings. The molecule has 0 aromatic heterocycles. The van der Waals surface area contributed by atoms with E-state index in [4.69, 9.17) is 0 Å². The lowest BCUT2D eigenvalue weighted by Crippen LogP contribution is -2.49.